The summed E-state index contributed by atoms with van der Waals surface area (Å²) < 4.78 is 6.82. The van der Waals surface area contributed by atoms with Crippen LogP contribution in [0.2, 0.25) is 0 Å². The largest absolute Gasteiger partial charge is 0.383 e. The Hall–Kier alpha value is -2.64. The summed E-state index contributed by atoms with van der Waals surface area (Å²) in [7, 11) is 1.60. The van der Waals surface area contributed by atoms with Gasteiger partial charge in [-0.05, 0) is 31.5 Å². The maximum Gasteiger partial charge on any atom is 0.262 e. The van der Waals surface area contributed by atoms with E-state index in [0.29, 0.717) is 42.3 Å². The summed E-state index contributed by atoms with van der Waals surface area (Å²) in [6.07, 6.45) is 0. The molecule has 0 aliphatic carbocycles. The van der Waals surface area contributed by atoms with Crippen LogP contribution in [-0.2, 0) is 16.1 Å². The molecule has 0 saturated carbocycles. The van der Waals surface area contributed by atoms with Crippen molar-refractivity contribution < 1.29 is 9.53 Å². The Labute approximate surface area is 180 Å². The fourth-order valence-electron chi connectivity index (χ4n) is 3.31. The monoisotopic (exact) mass is 425 g/mol. The smallest absolute Gasteiger partial charge is 0.262 e. The van der Waals surface area contributed by atoms with Crippen LogP contribution in [0.4, 0.5) is 0 Å². The first-order chi connectivity index (χ1) is 14.6. The maximum atomic E-state index is 13.3. The Morgan fingerprint density at radius 1 is 1.10 bits per heavy atom. The van der Waals surface area contributed by atoms with Gasteiger partial charge >= 0.3 is 0 Å². The molecule has 0 saturated heterocycles. The lowest BCUT2D eigenvalue weighted by molar-refractivity contribution is -0.130. The molecule has 3 aromatic rings. The number of ether oxygens (including phenoxy) is 1. The predicted molar refractivity (Wildman–Crippen MR) is 121 cm³/mol. The van der Waals surface area contributed by atoms with E-state index in [1.165, 1.54) is 11.8 Å². The number of amides is 1. The van der Waals surface area contributed by atoms with Crippen molar-refractivity contribution >= 4 is 28.6 Å². The average molecular weight is 426 g/mol. The Morgan fingerprint density at radius 3 is 2.43 bits per heavy atom. The van der Waals surface area contributed by atoms with Crippen molar-refractivity contribution in [1.29, 1.82) is 0 Å². The summed E-state index contributed by atoms with van der Waals surface area (Å²) in [5, 5.41) is 0.586. The van der Waals surface area contributed by atoms with E-state index in [1.54, 1.807) is 17.7 Å². The number of nitrogens with zero attached hydrogens (tertiary/aromatic N) is 3. The SMILES string of the molecule is CCN(CC)C(=O)[C@@H](Sc1nc2ccccc2c(=O)n1CCOC)c1ccccc1. The van der Waals surface area contributed by atoms with Gasteiger partial charge in [0, 0.05) is 20.2 Å². The lowest BCUT2D eigenvalue weighted by atomic mass is 10.1. The third-order valence-electron chi connectivity index (χ3n) is 4.97. The van der Waals surface area contributed by atoms with Gasteiger partial charge in [-0.1, -0.05) is 54.2 Å². The molecule has 1 heterocycles. The minimum absolute atomic E-state index is 0.0110. The molecule has 6 nitrogen and oxygen atoms in total. The summed E-state index contributed by atoms with van der Waals surface area (Å²) in [4.78, 5) is 33.1. The van der Waals surface area contributed by atoms with Crippen molar-refractivity contribution in [3.63, 3.8) is 0 Å². The van der Waals surface area contributed by atoms with Crippen LogP contribution in [0, 0.1) is 0 Å². The number of fused-ring (bicyclic) bond motifs is 1. The molecule has 1 amide bonds. The fraction of sp³-hybridized carbons (Fsp3) is 0.348. The predicted octanol–water partition coefficient (Wildman–Crippen LogP) is 3.74. The molecule has 30 heavy (non-hydrogen) atoms. The van der Waals surface area contributed by atoms with Crippen LogP contribution in [-0.4, -0.2) is 47.2 Å². The minimum atomic E-state index is -0.493. The summed E-state index contributed by atoms with van der Waals surface area (Å²) >= 11 is 1.32. The van der Waals surface area contributed by atoms with Crippen LogP contribution in [0.3, 0.4) is 0 Å². The van der Waals surface area contributed by atoms with Gasteiger partial charge in [-0.3, -0.25) is 14.2 Å². The van der Waals surface area contributed by atoms with E-state index >= 15 is 0 Å². The number of carbonyl (C=O) groups excluding carboxylic acids is 1. The molecule has 0 radical (unpaired) electrons. The van der Waals surface area contributed by atoms with Gasteiger partial charge in [0.1, 0.15) is 5.25 Å². The van der Waals surface area contributed by atoms with Gasteiger partial charge in [-0.2, -0.15) is 0 Å². The second-order valence-corrected chi connectivity index (χ2v) is 7.85. The summed E-state index contributed by atoms with van der Waals surface area (Å²) in [6.45, 7) is 5.94. The molecule has 2 aromatic carbocycles. The fourth-order valence-corrected chi connectivity index (χ4v) is 4.52. The maximum absolute atomic E-state index is 13.3. The van der Waals surface area contributed by atoms with Crippen LogP contribution in [0.25, 0.3) is 10.9 Å². The summed E-state index contributed by atoms with van der Waals surface area (Å²) in [5.74, 6) is 0.0110. The third-order valence-corrected chi connectivity index (χ3v) is 6.20. The molecule has 3 rings (SSSR count). The molecule has 1 atom stereocenters. The first-order valence-electron chi connectivity index (χ1n) is 10.1. The van der Waals surface area contributed by atoms with Gasteiger partial charge in [0.25, 0.3) is 5.56 Å². The summed E-state index contributed by atoms with van der Waals surface area (Å²) in [5.41, 5.74) is 1.39. The first-order valence-corrected chi connectivity index (χ1v) is 11.0. The van der Waals surface area contributed by atoms with Crippen molar-refractivity contribution in [3.05, 3.63) is 70.5 Å². The van der Waals surface area contributed by atoms with E-state index in [4.69, 9.17) is 9.72 Å². The molecule has 0 fully saturated rings. The second kappa shape index (κ2) is 10.4. The number of likely N-dealkylation sites (N-methyl/N-ethyl adjacent to an activating group) is 1. The second-order valence-electron chi connectivity index (χ2n) is 6.78. The zero-order chi connectivity index (χ0) is 21.5. The average Bonchev–Trinajstić information content (AvgIpc) is 2.78. The number of methoxy groups -OCH3 is 1. The Morgan fingerprint density at radius 2 is 1.77 bits per heavy atom. The van der Waals surface area contributed by atoms with Gasteiger partial charge < -0.3 is 9.64 Å². The molecule has 0 aliphatic rings. The highest BCUT2D eigenvalue weighted by Gasteiger charge is 2.28. The molecule has 0 N–H and O–H groups in total. The van der Waals surface area contributed by atoms with Crippen molar-refractivity contribution in [2.24, 2.45) is 0 Å². The van der Waals surface area contributed by atoms with Crippen LogP contribution in [0.15, 0.2) is 64.5 Å². The van der Waals surface area contributed by atoms with Crippen molar-refractivity contribution in [1.82, 2.24) is 14.5 Å². The molecule has 0 spiro atoms. The van der Waals surface area contributed by atoms with E-state index in [1.807, 2.05) is 67.3 Å². The van der Waals surface area contributed by atoms with Crippen LogP contribution < -0.4 is 5.56 Å². The molecule has 7 heteroatoms. The zero-order valence-electron chi connectivity index (χ0n) is 17.6. The Kier molecular flexibility index (Phi) is 7.65. The Balaban J connectivity index is 2.11. The van der Waals surface area contributed by atoms with E-state index in [-0.39, 0.29) is 11.5 Å². The topological polar surface area (TPSA) is 64.4 Å². The minimum Gasteiger partial charge on any atom is -0.383 e. The molecule has 0 unspecified atom stereocenters. The molecular weight excluding hydrogens is 398 g/mol. The highest BCUT2D eigenvalue weighted by Crippen LogP contribution is 2.36. The quantitative estimate of drug-likeness (QED) is 0.386. The first kappa shape index (κ1) is 22.1. The van der Waals surface area contributed by atoms with E-state index in [2.05, 4.69) is 0 Å². The highest BCUT2D eigenvalue weighted by molar-refractivity contribution is 8.00. The van der Waals surface area contributed by atoms with Crippen molar-refractivity contribution in [2.45, 2.75) is 30.8 Å². The number of aromatic nitrogens is 2. The lowest BCUT2D eigenvalue weighted by Crippen LogP contribution is -2.34. The molecule has 1 aromatic heterocycles. The Bertz CT molecular complexity index is 1050. The highest BCUT2D eigenvalue weighted by atomic mass is 32.2. The number of rotatable bonds is 9. The molecule has 0 bridgehead atoms. The van der Waals surface area contributed by atoms with E-state index in [9.17, 15) is 9.59 Å². The molecule has 0 aliphatic heterocycles. The summed E-state index contributed by atoms with van der Waals surface area (Å²) in [6, 6.07) is 16.9. The molecule has 158 valence electrons. The van der Waals surface area contributed by atoms with Gasteiger partial charge in [0.05, 0.1) is 24.1 Å². The van der Waals surface area contributed by atoms with Crippen molar-refractivity contribution in [3.8, 4) is 0 Å². The van der Waals surface area contributed by atoms with Gasteiger partial charge in [0.2, 0.25) is 5.91 Å². The number of carbonyl (C=O) groups is 1. The number of hydrogen-bond acceptors (Lipinski definition) is 5. The van der Waals surface area contributed by atoms with Gasteiger partial charge in [-0.15, -0.1) is 0 Å². The molecular formula is C23H27N3O3S. The lowest BCUT2D eigenvalue weighted by Gasteiger charge is -2.25. The number of para-hydroxylation sites is 1. The van der Waals surface area contributed by atoms with E-state index < -0.39 is 5.25 Å². The van der Waals surface area contributed by atoms with Crippen molar-refractivity contribution in [2.75, 3.05) is 26.8 Å². The van der Waals surface area contributed by atoms with Crippen LogP contribution in [0.1, 0.15) is 24.7 Å². The van der Waals surface area contributed by atoms with Crippen LogP contribution in [0.5, 0.6) is 0 Å². The number of thioether (sulfide) groups is 1. The van der Waals surface area contributed by atoms with Crippen LogP contribution >= 0.6 is 11.8 Å². The normalized spacial score (nSPS) is 12.1. The standard InChI is InChI=1S/C23H27N3O3S/c1-4-25(5-2)22(28)20(17-11-7-6-8-12-17)30-23-24-19-14-10-9-13-18(19)21(27)26(23)15-16-29-3/h6-14,20H,4-5,15-16H2,1-3H3/t20-/m0/s1. The number of benzene rings is 2. The van der Waals surface area contributed by atoms with Gasteiger partial charge in [-0.25, -0.2) is 4.98 Å². The van der Waals surface area contributed by atoms with E-state index in [0.717, 1.165) is 5.56 Å². The van der Waals surface area contributed by atoms with Gasteiger partial charge in [0.15, 0.2) is 5.16 Å². The third kappa shape index (κ3) is 4.74. The zero-order valence-corrected chi connectivity index (χ0v) is 18.4. The number of hydrogen-bond donors (Lipinski definition) is 0.